The van der Waals surface area contributed by atoms with E-state index in [9.17, 15) is 13.6 Å². The third kappa shape index (κ3) is 1.15. The van der Waals surface area contributed by atoms with Gasteiger partial charge < -0.3 is 4.79 Å². The van der Waals surface area contributed by atoms with Gasteiger partial charge in [-0.25, -0.2) is 8.78 Å². The number of halogens is 2. The van der Waals surface area contributed by atoms with Crippen molar-refractivity contribution in [2.24, 2.45) is 5.92 Å². The molecular weight excluding hydrogens is 174 g/mol. The average Bonchev–Trinajstić information content (AvgIpc) is 2.69. The number of rotatable bonds is 2. The lowest BCUT2D eigenvalue weighted by Crippen LogP contribution is -1.94. The Balaban J connectivity index is 2.27. The molecule has 0 N–H and O–H groups in total. The lowest BCUT2D eigenvalue weighted by atomic mass is 10.1. The highest BCUT2D eigenvalue weighted by Crippen LogP contribution is 2.60. The van der Waals surface area contributed by atoms with Gasteiger partial charge in [-0.05, 0) is 5.56 Å². The van der Waals surface area contributed by atoms with Crippen molar-refractivity contribution in [1.82, 2.24) is 0 Å². The monoisotopic (exact) mass is 182 g/mol. The lowest BCUT2D eigenvalue weighted by molar-refractivity contribution is -0.110. The van der Waals surface area contributed by atoms with Gasteiger partial charge in [-0.2, -0.15) is 0 Å². The van der Waals surface area contributed by atoms with E-state index in [1.165, 1.54) is 0 Å². The van der Waals surface area contributed by atoms with Crippen LogP contribution in [0.1, 0.15) is 11.5 Å². The van der Waals surface area contributed by atoms with Gasteiger partial charge in [-0.1, -0.05) is 30.3 Å². The number of aldehydes is 1. The van der Waals surface area contributed by atoms with Crippen molar-refractivity contribution in [3.05, 3.63) is 35.9 Å². The standard InChI is InChI=1S/C10H8F2O/c11-10(12)8(6-13)9(10)7-4-2-1-3-5-7/h1-6,8-9H. The molecule has 0 aliphatic heterocycles. The van der Waals surface area contributed by atoms with Crippen LogP contribution in [0.5, 0.6) is 0 Å². The first-order valence-corrected chi connectivity index (χ1v) is 4.06. The molecule has 0 saturated heterocycles. The Morgan fingerprint density at radius 2 is 1.85 bits per heavy atom. The zero-order valence-corrected chi connectivity index (χ0v) is 6.78. The van der Waals surface area contributed by atoms with E-state index in [4.69, 9.17) is 0 Å². The van der Waals surface area contributed by atoms with Crippen LogP contribution in [-0.2, 0) is 4.79 Å². The summed E-state index contributed by atoms with van der Waals surface area (Å²) in [6.07, 6.45) is 0.345. The average molecular weight is 182 g/mol. The van der Waals surface area contributed by atoms with Gasteiger partial charge in [-0.3, -0.25) is 0 Å². The molecule has 2 atom stereocenters. The summed E-state index contributed by atoms with van der Waals surface area (Å²) in [6, 6.07) is 8.42. The summed E-state index contributed by atoms with van der Waals surface area (Å²) >= 11 is 0. The van der Waals surface area contributed by atoms with Crippen molar-refractivity contribution in [2.45, 2.75) is 11.8 Å². The molecule has 1 fully saturated rings. The van der Waals surface area contributed by atoms with Crippen LogP contribution in [0.3, 0.4) is 0 Å². The van der Waals surface area contributed by atoms with Gasteiger partial charge in [0.1, 0.15) is 6.29 Å². The molecule has 0 amide bonds. The van der Waals surface area contributed by atoms with Gasteiger partial charge in [0.05, 0.1) is 11.8 Å². The van der Waals surface area contributed by atoms with Gasteiger partial charge in [0.25, 0.3) is 5.92 Å². The second kappa shape index (κ2) is 2.62. The van der Waals surface area contributed by atoms with Crippen LogP contribution in [0.25, 0.3) is 0 Å². The minimum Gasteiger partial charge on any atom is -0.303 e. The minimum absolute atomic E-state index is 0.345. The van der Waals surface area contributed by atoms with E-state index in [0.717, 1.165) is 0 Å². The Morgan fingerprint density at radius 3 is 2.31 bits per heavy atom. The molecule has 13 heavy (non-hydrogen) atoms. The van der Waals surface area contributed by atoms with Crippen molar-refractivity contribution < 1.29 is 13.6 Å². The molecule has 0 spiro atoms. The Kier molecular flexibility index (Phi) is 1.68. The smallest absolute Gasteiger partial charge is 0.265 e. The number of hydrogen-bond acceptors (Lipinski definition) is 1. The van der Waals surface area contributed by atoms with Crippen LogP contribution >= 0.6 is 0 Å². The maximum absolute atomic E-state index is 12.9. The molecule has 0 heterocycles. The molecule has 0 aromatic heterocycles. The number of alkyl halides is 2. The Labute approximate surface area is 74.4 Å². The number of carbonyl (C=O) groups is 1. The summed E-state index contributed by atoms with van der Waals surface area (Å²) in [5, 5.41) is 0. The molecule has 2 rings (SSSR count). The topological polar surface area (TPSA) is 17.1 Å². The SMILES string of the molecule is O=CC1C(c2ccccc2)C1(F)F. The van der Waals surface area contributed by atoms with E-state index >= 15 is 0 Å². The third-order valence-corrected chi connectivity index (χ3v) is 2.41. The maximum Gasteiger partial charge on any atom is 0.265 e. The Bertz CT molecular complexity index is 321. The molecule has 2 unspecified atom stereocenters. The van der Waals surface area contributed by atoms with E-state index in [1.807, 2.05) is 0 Å². The van der Waals surface area contributed by atoms with Crippen LogP contribution in [0.15, 0.2) is 30.3 Å². The molecule has 1 aliphatic rings. The van der Waals surface area contributed by atoms with Crippen molar-refractivity contribution in [1.29, 1.82) is 0 Å². The van der Waals surface area contributed by atoms with E-state index in [-0.39, 0.29) is 0 Å². The van der Waals surface area contributed by atoms with Crippen molar-refractivity contribution in [3.8, 4) is 0 Å². The molecule has 1 aromatic rings. The van der Waals surface area contributed by atoms with Gasteiger partial charge in [0.15, 0.2) is 0 Å². The second-order valence-electron chi connectivity index (χ2n) is 3.22. The fourth-order valence-corrected chi connectivity index (χ4v) is 1.61. The quantitative estimate of drug-likeness (QED) is 0.641. The maximum atomic E-state index is 12.9. The summed E-state index contributed by atoms with van der Waals surface area (Å²) in [6.45, 7) is 0. The van der Waals surface area contributed by atoms with Crippen LogP contribution in [0.4, 0.5) is 8.78 Å². The number of hydrogen-bond donors (Lipinski definition) is 0. The molecule has 1 aromatic carbocycles. The third-order valence-electron chi connectivity index (χ3n) is 2.41. The first kappa shape index (κ1) is 8.35. The lowest BCUT2D eigenvalue weighted by Gasteiger charge is -1.96. The highest BCUT2D eigenvalue weighted by Gasteiger charge is 2.68. The van der Waals surface area contributed by atoms with Crippen LogP contribution in [0.2, 0.25) is 0 Å². The Morgan fingerprint density at radius 1 is 1.23 bits per heavy atom. The van der Waals surface area contributed by atoms with Crippen LogP contribution < -0.4 is 0 Å². The molecule has 0 bridgehead atoms. The molecular formula is C10H8F2O. The van der Waals surface area contributed by atoms with Gasteiger partial charge in [-0.15, -0.1) is 0 Å². The second-order valence-corrected chi connectivity index (χ2v) is 3.22. The van der Waals surface area contributed by atoms with Crippen molar-refractivity contribution >= 4 is 6.29 Å². The fourth-order valence-electron chi connectivity index (χ4n) is 1.61. The molecule has 68 valence electrons. The van der Waals surface area contributed by atoms with E-state index in [0.29, 0.717) is 11.8 Å². The summed E-state index contributed by atoms with van der Waals surface area (Å²) in [5.74, 6) is -4.84. The van der Waals surface area contributed by atoms with E-state index < -0.39 is 17.8 Å². The molecule has 1 aliphatic carbocycles. The summed E-state index contributed by atoms with van der Waals surface area (Å²) in [7, 11) is 0. The van der Waals surface area contributed by atoms with Gasteiger partial charge in [0, 0.05) is 0 Å². The summed E-state index contributed by atoms with van der Waals surface area (Å²) in [4.78, 5) is 10.3. The molecule has 1 nitrogen and oxygen atoms in total. The molecule has 1 saturated carbocycles. The summed E-state index contributed by atoms with van der Waals surface area (Å²) < 4.78 is 25.8. The first-order chi connectivity index (χ1) is 6.18. The predicted molar refractivity (Wildman–Crippen MR) is 43.7 cm³/mol. The van der Waals surface area contributed by atoms with Crippen molar-refractivity contribution in [2.75, 3.05) is 0 Å². The van der Waals surface area contributed by atoms with Crippen molar-refractivity contribution in [3.63, 3.8) is 0 Å². The van der Waals surface area contributed by atoms with E-state index in [1.54, 1.807) is 30.3 Å². The number of carbonyl (C=O) groups excluding carboxylic acids is 1. The highest BCUT2D eigenvalue weighted by molar-refractivity contribution is 5.65. The van der Waals surface area contributed by atoms with Crippen LogP contribution in [-0.4, -0.2) is 12.2 Å². The molecule has 3 heteroatoms. The predicted octanol–water partition coefficient (Wildman–Crippen LogP) is 2.23. The number of benzene rings is 1. The first-order valence-electron chi connectivity index (χ1n) is 4.06. The zero-order valence-electron chi connectivity index (χ0n) is 6.78. The largest absolute Gasteiger partial charge is 0.303 e. The molecule has 0 radical (unpaired) electrons. The van der Waals surface area contributed by atoms with Gasteiger partial charge >= 0.3 is 0 Å². The fraction of sp³-hybridized carbons (Fsp3) is 0.300. The van der Waals surface area contributed by atoms with Crippen LogP contribution in [0, 0.1) is 5.92 Å². The van der Waals surface area contributed by atoms with Gasteiger partial charge in [0.2, 0.25) is 0 Å². The zero-order chi connectivity index (χ0) is 9.47. The Hall–Kier alpha value is -1.25. The minimum atomic E-state index is -2.83. The summed E-state index contributed by atoms with van der Waals surface area (Å²) in [5.41, 5.74) is 0.546. The normalized spacial score (nSPS) is 29.7. The highest BCUT2D eigenvalue weighted by atomic mass is 19.3. The van der Waals surface area contributed by atoms with E-state index in [2.05, 4.69) is 0 Å².